The fraction of sp³-hybridized carbons (Fsp3) is 0.389. The summed E-state index contributed by atoms with van der Waals surface area (Å²) in [6.07, 6.45) is 4.97. The molecule has 0 radical (unpaired) electrons. The first-order valence-electron chi connectivity index (χ1n) is 7.34. The summed E-state index contributed by atoms with van der Waals surface area (Å²) in [7, 11) is 0. The van der Waals surface area contributed by atoms with Crippen LogP contribution in [0, 0.1) is 20.8 Å². The summed E-state index contributed by atoms with van der Waals surface area (Å²) >= 11 is 0. The standard InChI is InChI=1S/C18H24N2/c1-5-9-20-18(17-12-19-10-8-14(17)3)16-7-6-13(2)15(4)11-16/h6-8,10-12,18,20H,5,9H2,1-4H3. The molecule has 1 aromatic heterocycles. The van der Waals surface area contributed by atoms with E-state index < -0.39 is 0 Å². The maximum absolute atomic E-state index is 4.30. The summed E-state index contributed by atoms with van der Waals surface area (Å²) < 4.78 is 0. The molecular formula is C18H24N2. The Kier molecular flexibility index (Phi) is 4.91. The van der Waals surface area contributed by atoms with Gasteiger partial charge < -0.3 is 5.32 Å². The number of rotatable bonds is 5. The normalized spacial score (nSPS) is 12.4. The molecule has 0 amide bonds. The summed E-state index contributed by atoms with van der Waals surface area (Å²) in [5.41, 5.74) is 6.55. The van der Waals surface area contributed by atoms with Crippen molar-refractivity contribution in [2.24, 2.45) is 0 Å². The molecule has 1 unspecified atom stereocenters. The van der Waals surface area contributed by atoms with Crippen molar-refractivity contribution < 1.29 is 0 Å². The molecule has 2 nitrogen and oxygen atoms in total. The first-order valence-corrected chi connectivity index (χ1v) is 7.34. The molecule has 1 heterocycles. The van der Waals surface area contributed by atoms with Gasteiger partial charge in [0.1, 0.15) is 0 Å². The molecule has 0 aliphatic heterocycles. The molecule has 20 heavy (non-hydrogen) atoms. The van der Waals surface area contributed by atoms with Gasteiger partial charge in [0.05, 0.1) is 6.04 Å². The van der Waals surface area contributed by atoms with E-state index in [0.29, 0.717) is 0 Å². The van der Waals surface area contributed by atoms with Gasteiger partial charge >= 0.3 is 0 Å². The summed E-state index contributed by atoms with van der Waals surface area (Å²) in [5, 5.41) is 3.65. The monoisotopic (exact) mass is 268 g/mol. The van der Waals surface area contributed by atoms with Gasteiger partial charge in [-0.25, -0.2) is 0 Å². The molecule has 0 fully saturated rings. The van der Waals surface area contributed by atoms with Crippen LogP contribution in [0.1, 0.15) is 47.2 Å². The van der Waals surface area contributed by atoms with Gasteiger partial charge in [-0.1, -0.05) is 25.1 Å². The Labute approximate surface area is 122 Å². The van der Waals surface area contributed by atoms with Crippen molar-refractivity contribution in [2.45, 2.75) is 40.2 Å². The van der Waals surface area contributed by atoms with Crippen molar-refractivity contribution in [1.29, 1.82) is 0 Å². The van der Waals surface area contributed by atoms with Crippen molar-refractivity contribution in [3.63, 3.8) is 0 Å². The van der Waals surface area contributed by atoms with Crippen molar-refractivity contribution in [2.75, 3.05) is 6.54 Å². The van der Waals surface area contributed by atoms with Crippen molar-refractivity contribution >= 4 is 0 Å². The molecule has 2 rings (SSSR count). The second kappa shape index (κ2) is 6.67. The van der Waals surface area contributed by atoms with Gasteiger partial charge in [-0.05, 0) is 67.6 Å². The highest BCUT2D eigenvalue weighted by Gasteiger charge is 2.16. The highest BCUT2D eigenvalue weighted by Crippen LogP contribution is 2.25. The van der Waals surface area contributed by atoms with Crippen LogP contribution in [-0.2, 0) is 0 Å². The van der Waals surface area contributed by atoms with Crippen LogP contribution in [0.5, 0.6) is 0 Å². The Morgan fingerprint density at radius 3 is 2.50 bits per heavy atom. The molecule has 0 saturated heterocycles. The number of pyridine rings is 1. The Bertz CT molecular complexity index is 575. The lowest BCUT2D eigenvalue weighted by Crippen LogP contribution is -2.24. The van der Waals surface area contributed by atoms with E-state index in [-0.39, 0.29) is 6.04 Å². The van der Waals surface area contributed by atoms with E-state index in [1.165, 1.54) is 27.8 Å². The number of aromatic nitrogens is 1. The summed E-state index contributed by atoms with van der Waals surface area (Å²) in [4.78, 5) is 4.30. The Morgan fingerprint density at radius 1 is 1.05 bits per heavy atom. The third-order valence-electron chi connectivity index (χ3n) is 3.85. The van der Waals surface area contributed by atoms with Crippen LogP contribution in [-0.4, -0.2) is 11.5 Å². The van der Waals surface area contributed by atoms with Crippen LogP contribution >= 0.6 is 0 Å². The predicted molar refractivity (Wildman–Crippen MR) is 85.0 cm³/mol. The lowest BCUT2D eigenvalue weighted by Gasteiger charge is -2.22. The smallest absolute Gasteiger partial charge is 0.0594 e. The quantitative estimate of drug-likeness (QED) is 0.883. The van der Waals surface area contributed by atoms with E-state index >= 15 is 0 Å². The Morgan fingerprint density at radius 2 is 1.85 bits per heavy atom. The van der Waals surface area contributed by atoms with Crippen molar-refractivity contribution in [1.82, 2.24) is 10.3 Å². The molecule has 2 aromatic rings. The molecule has 0 aliphatic rings. The maximum Gasteiger partial charge on any atom is 0.0594 e. The van der Waals surface area contributed by atoms with Gasteiger partial charge in [-0.2, -0.15) is 0 Å². The minimum absolute atomic E-state index is 0.225. The van der Waals surface area contributed by atoms with Crippen LogP contribution in [0.2, 0.25) is 0 Å². The molecule has 2 heteroatoms. The third kappa shape index (κ3) is 3.26. The van der Waals surface area contributed by atoms with Gasteiger partial charge in [-0.3, -0.25) is 4.98 Å². The molecular weight excluding hydrogens is 244 g/mol. The van der Waals surface area contributed by atoms with Gasteiger partial charge in [0.15, 0.2) is 0 Å². The molecule has 106 valence electrons. The topological polar surface area (TPSA) is 24.9 Å². The van der Waals surface area contributed by atoms with Gasteiger partial charge in [0.2, 0.25) is 0 Å². The number of hydrogen-bond donors (Lipinski definition) is 1. The second-order valence-electron chi connectivity index (χ2n) is 5.46. The first-order chi connectivity index (χ1) is 9.63. The van der Waals surface area contributed by atoms with E-state index in [2.05, 4.69) is 62.3 Å². The molecule has 0 saturated carbocycles. The molecule has 0 bridgehead atoms. The van der Waals surface area contributed by atoms with Gasteiger partial charge in [0.25, 0.3) is 0 Å². The van der Waals surface area contributed by atoms with Gasteiger partial charge in [0, 0.05) is 12.4 Å². The summed E-state index contributed by atoms with van der Waals surface area (Å²) in [6, 6.07) is 9.02. The van der Waals surface area contributed by atoms with Crippen LogP contribution in [0.3, 0.4) is 0 Å². The molecule has 1 N–H and O–H groups in total. The second-order valence-corrected chi connectivity index (χ2v) is 5.46. The lowest BCUT2D eigenvalue weighted by molar-refractivity contribution is 0.594. The van der Waals surface area contributed by atoms with E-state index in [1.54, 1.807) is 0 Å². The number of hydrogen-bond acceptors (Lipinski definition) is 2. The van der Waals surface area contributed by atoms with E-state index in [0.717, 1.165) is 13.0 Å². The average Bonchev–Trinajstić information content (AvgIpc) is 2.44. The Hall–Kier alpha value is -1.67. The highest BCUT2D eigenvalue weighted by atomic mass is 14.9. The zero-order valence-electron chi connectivity index (χ0n) is 12.9. The first kappa shape index (κ1) is 14.7. The van der Waals surface area contributed by atoms with Crippen molar-refractivity contribution in [3.05, 3.63) is 64.5 Å². The van der Waals surface area contributed by atoms with Gasteiger partial charge in [-0.15, -0.1) is 0 Å². The largest absolute Gasteiger partial charge is 0.306 e. The predicted octanol–water partition coefficient (Wildman–Crippen LogP) is 4.10. The van der Waals surface area contributed by atoms with E-state index in [1.807, 2.05) is 12.4 Å². The minimum atomic E-state index is 0.225. The third-order valence-corrected chi connectivity index (χ3v) is 3.85. The van der Waals surface area contributed by atoms with E-state index in [4.69, 9.17) is 0 Å². The molecule has 0 aliphatic carbocycles. The zero-order chi connectivity index (χ0) is 14.5. The SMILES string of the molecule is CCCNC(c1ccc(C)c(C)c1)c1cnccc1C. The average molecular weight is 268 g/mol. The number of aryl methyl sites for hydroxylation is 3. The fourth-order valence-corrected chi connectivity index (χ4v) is 2.42. The molecule has 0 spiro atoms. The highest BCUT2D eigenvalue weighted by molar-refractivity contribution is 5.38. The summed E-state index contributed by atoms with van der Waals surface area (Å²) in [5.74, 6) is 0. The molecule has 1 aromatic carbocycles. The minimum Gasteiger partial charge on any atom is -0.306 e. The summed E-state index contributed by atoms with van der Waals surface area (Å²) in [6.45, 7) is 9.68. The number of benzene rings is 1. The zero-order valence-corrected chi connectivity index (χ0v) is 12.9. The lowest BCUT2D eigenvalue weighted by atomic mass is 9.94. The maximum atomic E-state index is 4.30. The van der Waals surface area contributed by atoms with Crippen LogP contribution in [0.15, 0.2) is 36.7 Å². The number of nitrogens with zero attached hydrogens (tertiary/aromatic N) is 1. The van der Waals surface area contributed by atoms with Crippen LogP contribution < -0.4 is 5.32 Å². The molecule has 1 atom stereocenters. The fourth-order valence-electron chi connectivity index (χ4n) is 2.42. The van der Waals surface area contributed by atoms with Crippen LogP contribution in [0.4, 0.5) is 0 Å². The van der Waals surface area contributed by atoms with E-state index in [9.17, 15) is 0 Å². The number of nitrogens with one attached hydrogen (secondary N) is 1. The van der Waals surface area contributed by atoms with Crippen molar-refractivity contribution in [3.8, 4) is 0 Å². The Balaban J connectivity index is 2.41. The van der Waals surface area contributed by atoms with Crippen LogP contribution in [0.25, 0.3) is 0 Å².